The van der Waals surface area contributed by atoms with Gasteiger partial charge in [0.15, 0.2) is 11.1 Å². The molecule has 7 heteroatoms. The Bertz CT molecular complexity index is 820. The Morgan fingerprint density at radius 1 is 1.12 bits per heavy atom. The Hall–Kier alpha value is -1.89. The van der Waals surface area contributed by atoms with E-state index in [1.165, 1.54) is 11.3 Å². The molecular weight excluding hydrogens is 408 g/mol. The summed E-state index contributed by atoms with van der Waals surface area (Å²) in [5.41, 5.74) is 8.74. The number of guanidine groups is 1. The smallest absolute Gasteiger partial charge is 0.195 e. The fourth-order valence-electron chi connectivity index (χ4n) is 2.03. The van der Waals surface area contributed by atoms with Gasteiger partial charge in [-0.25, -0.2) is 9.98 Å². The molecule has 3 N–H and O–H groups in total. The first-order valence-corrected chi connectivity index (χ1v) is 8.29. The van der Waals surface area contributed by atoms with E-state index in [1.807, 2.05) is 60.0 Å². The van der Waals surface area contributed by atoms with E-state index in [0.29, 0.717) is 22.7 Å². The number of halogens is 2. The monoisotopic (exact) mass is 422 g/mol. The second-order valence-corrected chi connectivity index (χ2v) is 6.10. The molecule has 4 nitrogen and oxygen atoms in total. The molecule has 0 amide bonds. The first kappa shape index (κ1) is 18.4. The lowest BCUT2D eigenvalue weighted by atomic mass is 10.2. The molecule has 124 valence electrons. The Morgan fingerprint density at radius 2 is 1.83 bits per heavy atom. The summed E-state index contributed by atoms with van der Waals surface area (Å²) in [6, 6.07) is 17.6. The normalized spacial score (nSPS) is 11.0. The largest absolute Gasteiger partial charge is 0.370 e. The van der Waals surface area contributed by atoms with Gasteiger partial charge >= 0.3 is 0 Å². The highest BCUT2D eigenvalue weighted by atomic mass is 79.9. The van der Waals surface area contributed by atoms with E-state index in [4.69, 9.17) is 17.3 Å². The SMILES string of the molecule is Br.NC(=NCc1ccccc1)Nc1nc(-c2ccccc2Cl)cs1. The summed E-state index contributed by atoms with van der Waals surface area (Å²) in [6.45, 7) is 0.530. The highest BCUT2D eigenvalue weighted by Gasteiger charge is 2.08. The van der Waals surface area contributed by atoms with Crippen molar-refractivity contribution in [3.63, 3.8) is 0 Å². The van der Waals surface area contributed by atoms with Gasteiger partial charge in [0.2, 0.25) is 0 Å². The van der Waals surface area contributed by atoms with Gasteiger partial charge in [-0.15, -0.1) is 28.3 Å². The molecule has 0 unspecified atom stereocenters. The van der Waals surface area contributed by atoms with Crippen molar-refractivity contribution in [3.8, 4) is 11.3 Å². The van der Waals surface area contributed by atoms with Crippen molar-refractivity contribution in [1.82, 2.24) is 4.98 Å². The third-order valence-electron chi connectivity index (χ3n) is 3.16. The molecule has 2 aromatic carbocycles. The summed E-state index contributed by atoms with van der Waals surface area (Å²) < 4.78 is 0. The molecule has 0 saturated heterocycles. The maximum atomic E-state index is 6.19. The molecule has 24 heavy (non-hydrogen) atoms. The molecule has 1 aromatic heterocycles. The quantitative estimate of drug-likeness (QED) is 0.460. The van der Waals surface area contributed by atoms with Crippen molar-refractivity contribution in [2.24, 2.45) is 10.7 Å². The minimum atomic E-state index is 0. The van der Waals surface area contributed by atoms with Gasteiger partial charge in [-0.3, -0.25) is 0 Å². The van der Waals surface area contributed by atoms with E-state index in [-0.39, 0.29) is 17.0 Å². The third-order valence-corrected chi connectivity index (χ3v) is 4.25. The van der Waals surface area contributed by atoms with Crippen LogP contribution in [0.5, 0.6) is 0 Å². The van der Waals surface area contributed by atoms with Gasteiger partial charge in [-0.1, -0.05) is 60.1 Å². The molecule has 0 aliphatic rings. The maximum absolute atomic E-state index is 6.19. The lowest BCUT2D eigenvalue weighted by Crippen LogP contribution is -2.22. The summed E-state index contributed by atoms with van der Waals surface area (Å²) in [6.07, 6.45) is 0. The van der Waals surface area contributed by atoms with E-state index in [1.54, 1.807) is 0 Å². The maximum Gasteiger partial charge on any atom is 0.195 e. The summed E-state index contributed by atoms with van der Waals surface area (Å²) in [5.74, 6) is 0.342. The zero-order valence-electron chi connectivity index (χ0n) is 12.6. The van der Waals surface area contributed by atoms with Gasteiger partial charge in [0.05, 0.1) is 12.2 Å². The summed E-state index contributed by atoms with van der Waals surface area (Å²) >= 11 is 7.65. The molecule has 0 fully saturated rings. The zero-order valence-corrected chi connectivity index (χ0v) is 15.9. The lowest BCUT2D eigenvalue weighted by molar-refractivity contribution is 1.06. The number of nitrogens with two attached hydrogens (primary N) is 1. The highest BCUT2D eigenvalue weighted by Crippen LogP contribution is 2.30. The van der Waals surface area contributed by atoms with Crippen LogP contribution in [-0.4, -0.2) is 10.9 Å². The van der Waals surface area contributed by atoms with Gasteiger partial charge in [-0.05, 0) is 11.6 Å². The molecule has 0 aliphatic carbocycles. The predicted molar refractivity (Wildman–Crippen MR) is 108 cm³/mol. The molecule has 0 aliphatic heterocycles. The molecule has 0 atom stereocenters. The highest BCUT2D eigenvalue weighted by molar-refractivity contribution is 8.93. The van der Waals surface area contributed by atoms with Crippen LogP contribution in [0.1, 0.15) is 5.56 Å². The third kappa shape index (κ3) is 4.80. The van der Waals surface area contributed by atoms with Crippen molar-refractivity contribution < 1.29 is 0 Å². The van der Waals surface area contributed by atoms with Crippen LogP contribution in [-0.2, 0) is 6.54 Å². The number of aromatic nitrogens is 1. The van der Waals surface area contributed by atoms with Gasteiger partial charge in [0.25, 0.3) is 0 Å². The van der Waals surface area contributed by atoms with Gasteiger partial charge < -0.3 is 11.1 Å². The Kier molecular flexibility index (Phi) is 6.78. The summed E-state index contributed by atoms with van der Waals surface area (Å²) in [5, 5.41) is 6.32. The standard InChI is InChI=1S/C17H15ClN4S.BrH/c18-14-9-5-4-8-13(14)15-11-23-17(21-15)22-16(19)20-10-12-6-2-1-3-7-12;/h1-9,11H,10H2,(H3,19,20,21,22);1H. The zero-order chi connectivity index (χ0) is 16.1. The predicted octanol–water partition coefficient (Wildman–Crippen LogP) is 4.97. The first-order chi connectivity index (χ1) is 11.2. The number of hydrogen-bond acceptors (Lipinski definition) is 3. The average molecular weight is 424 g/mol. The van der Waals surface area contributed by atoms with Crippen LogP contribution in [0.3, 0.4) is 0 Å². The molecule has 0 saturated carbocycles. The van der Waals surface area contributed by atoms with Crippen molar-refractivity contribution in [2.45, 2.75) is 6.54 Å². The van der Waals surface area contributed by atoms with Crippen molar-refractivity contribution in [3.05, 3.63) is 70.6 Å². The molecular formula is C17H16BrClN4S. The number of rotatable bonds is 4. The minimum absolute atomic E-state index is 0. The van der Waals surface area contributed by atoms with Gasteiger partial charge in [-0.2, -0.15) is 0 Å². The molecule has 0 spiro atoms. The van der Waals surface area contributed by atoms with Crippen LogP contribution < -0.4 is 11.1 Å². The van der Waals surface area contributed by atoms with Crippen LogP contribution in [0.4, 0.5) is 5.13 Å². The number of hydrogen-bond donors (Lipinski definition) is 2. The van der Waals surface area contributed by atoms with Crippen LogP contribution >= 0.6 is 39.9 Å². The molecule has 3 aromatic rings. The van der Waals surface area contributed by atoms with E-state index >= 15 is 0 Å². The Balaban J connectivity index is 0.00000208. The number of nitrogens with zero attached hydrogens (tertiary/aromatic N) is 2. The molecule has 0 bridgehead atoms. The fraction of sp³-hybridized carbons (Fsp3) is 0.0588. The van der Waals surface area contributed by atoms with Gasteiger partial charge in [0, 0.05) is 16.0 Å². The molecule has 1 heterocycles. The van der Waals surface area contributed by atoms with E-state index in [9.17, 15) is 0 Å². The number of anilines is 1. The first-order valence-electron chi connectivity index (χ1n) is 7.03. The van der Waals surface area contributed by atoms with Crippen LogP contribution in [0.15, 0.2) is 65.0 Å². The number of benzene rings is 2. The summed E-state index contributed by atoms with van der Waals surface area (Å²) in [7, 11) is 0. The lowest BCUT2D eigenvalue weighted by Gasteiger charge is -2.02. The van der Waals surface area contributed by atoms with E-state index < -0.39 is 0 Å². The van der Waals surface area contributed by atoms with Crippen LogP contribution in [0.2, 0.25) is 5.02 Å². The van der Waals surface area contributed by atoms with Crippen LogP contribution in [0.25, 0.3) is 11.3 Å². The van der Waals surface area contributed by atoms with Crippen LogP contribution in [0, 0.1) is 0 Å². The van der Waals surface area contributed by atoms with Crippen molar-refractivity contribution in [1.29, 1.82) is 0 Å². The minimum Gasteiger partial charge on any atom is -0.370 e. The average Bonchev–Trinajstić information content (AvgIpc) is 3.02. The Morgan fingerprint density at radius 3 is 2.58 bits per heavy atom. The Labute approximate surface area is 160 Å². The van der Waals surface area contributed by atoms with Crippen molar-refractivity contribution in [2.75, 3.05) is 5.32 Å². The number of aliphatic imine (C=N–C) groups is 1. The van der Waals surface area contributed by atoms with E-state index in [2.05, 4.69) is 15.3 Å². The topological polar surface area (TPSA) is 63.3 Å². The van der Waals surface area contributed by atoms with E-state index in [0.717, 1.165) is 16.8 Å². The summed E-state index contributed by atoms with van der Waals surface area (Å²) in [4.78, 5) is 8.81. The second-order valence-electron chi connectivity index (χ2n) is 4.83. The number of nitrogens with one attached hydrogen (secondary N) is 1. The second kappa shape index (κ2) is 8.82. The van der Waals surface area contributed by atoms with Gasteiger partial charge in [0.1, 0.15) is 0 Å². The van der Waals surface area contributed by atoms with Crippen molar-refractivity contribution >= 4 is 51.0 Å². The molecule has 0 radical (unpaired) electrons. The molecule has 3 rings (SSSR count). The fourth-order valence-corrected chi connectivity index (χ4v) is 2.98. The number of thiazole rings is 1.